The number of hydrogen-bond acceptors (Lipinski definition) is 5. The second-order valence-electron chi connectivity index (χ2n) is 6.46. The fourth-order valence-corrected chi connectivity index (χ4v) is 2.88. The molecule has 0 spiro atoms. The Labute approximate surface area is 169 Å². The zero-order valence-corrected chi connectivity index (χ0v) is 18.0. The summed E-state index contributed by atoms with van der Waals surface area (Å²) in [6.45, 7) is 9.58. The van der Waals surface area contributed by atoms with Crippen molar-refractivity contribution in [2.24, 2.45) is 4.99 Å². The summed E-state index contributed by atoms with van der Waals surface area (Å²) < 4.78 is 17.0. The molecule has 2 atom stereocenters. The van der Waals surface area contributed by atoms with Crippen LogP contribution in [-0.4, -0.2) is 89.3 Å². The van der Waals surface area contributed by atoms with Gasteiger partial charge >= 0.3 is 0 Å². The molecule has 0 aliphatic carbocycles. The first-order chi connectivity index (χ1) is 11.8. The van der Waals surface area contributed by atoms with Crippen LogP contribution in [0, 0.1) is 0 Å². The number of hydrogen-bond donors (Lipinski definition) is 2. The molecule has 0 bridgehead atoms. The van der Waals surface area contributed by atoms with E-state index in [4.69, 9.17) is 14.2 Å². The van der Waals surface area contributed by atoms with Crippen molar-refractivity contribution in [2.75, 3.05) is 66.2 Å². The molecule has 0 saturated carbocycles. The highest BCUT2D eigenvalue weighted by molar-refractivity contribution is 14.0. The normalized spacial score (nSPS) is 24.8. The van der Waals surface area contributed by atoms with Crippen LogP contribution in [0.3, 0.4) is 0 Å². The molecule has 2 heterocycles. The molecule has 0 amide bonds. The van der Waals surface area contributed by atoms with Crippen molar-refractivity contribution < 1.29 is 14.2 Å². The molecule has 8 heteroatoms. The zero-order chi connectivity index (χ0) is 17.0. The molecule has 2 rings (SSSR count). The van der Waals surface area contributed by atoms with Crippen molar-refractivity contribution in [1.82, 2.24) is 15.5 Å². The minimum Gasteiger partial charge on any atom is -0.379 e. The average Bonchev–Trinajstić information content (AvgIpc) is 3.09. The maximum atomic E-state index is 5.75. The molecule has 0 radical (unpaired) electrons. The highest BCUT2D eigenvalue weighted by Crippen LogP contribution is 2.11. The number of nitrogens with one attached hydrogen (secondary N) is 2. The smallest absolute Gasteiger partial charge is 0.191 e. The first-order valence-electron chi connectivity index (χ1n) is 9.29. The number of halogens is 1. The third kappa shape index (κ3) is 9.93. The molecule has 2 aliphatic heterocycles. The number of aliphatic imine (C=N–C) groups is 1. The van der Waals surface area contributed by atoms with Gasteiger partial charge in [0.25, 0.3) is 0 Å². The molecule has 2 saturated heterocycles. The van der Waals surface area contributed by atoms with Gasteiger partial charge in [-0.15, -0.1) is 24.0 Å². The topological polar surface area (TPSA) is 67.4 Å². The van der Waals surface area contributed by atoms with E-state index in [0.29, 0.717) is 12.6 Å². The molecule has 2 unspecified atom stereocenters. The molecule has 25 heavy (non-hydrogen) atoms. The first-order valence-corrected chi connectivity index (χ1v) is 9.29. The first kappa shape index (κ1) is 22.9. The largest absolute Gasteiger partial charge is 0.379 e. The van der Waals surface area contributed by atoms with Gasteiger partial charge in [0.2, 0.25) is 0 Å². The maximum absolute atomic E-state index is 5.75. The van der Waals surface area contributed by atoms with E-state index in [1.54, 1.807) is 0 Å². The van der Waals surface area contributed by atoms with Gasteiger partial charge in [-0.3, -0.25) is 4.99 Å². The number of rotatable bonds is 9. The molecule has 0 aromatic carbocycles. The Morgan fingerprint density at radius 1 is 1.24 bits per heavy atom. The third-order valence-corrected chi connectivity index (χ3v) is 4.22. The lowest BCUT2D eigenvalue weighted by atomic mass is 10.2. The lowest BCUT2D eigenvalue weighted by molar-refractivity contribution is -0.0136. The summed E-state index contributed by atoms with van der Waals surface area (Å²) in [5.41, 5.74) is 0. The molecule has 0 aromatic rings. The van der Waals surface area contributed by atoms with Crippen LogP contribution in [0.2, 0.25) is 0 Å². The van der Waals surface area contributed by atoms with E-state index < -0.39 is 0 Å². The summed E-state index contributed by atoms with van der Waals surface area (Å²) in [4.78, 5) is 6.92. The Morgan fingerprint density at radius 3 is 2.80 bits per heavy atom. The Morgan fingerprint density at radius 2 is 2.08 bits per heavy atom. The van der Waals surface area contributed by atoms with Crippen molar-refractivity contribution in [3.63, 3.8) is 0 Å². The predicted molar refractivity (Wildman–Crippen MR) is 111 cm³/mol. The van der Waals surface area contributed by atoms with Crippen LogP contribution in [0.1, 0.15) is 26.2 Å². The monoisotopic (exact) mass is 470 g/mol. The van der Waals surface area contributed by atoms with Crippen molar-refractivity contribution in [1.29, 1.82) is 0 Å². The van der Waals surface area contributed by atoms with E-state index in [1.165, 1.54) is 6.42 Å². The molecule has 2 N–H and O–H groups in total. The summed E-state index contributed by atoms with van der Waals surface area (Å²) >= 11 is 0. The second-order valence-corrected chi connectivity index (χ2v) is 6.46. The summed E-state index contributed by atoms with van der Waals surface area (Å²) in [5.74, 6) is 0.855. The van der Waals surface area contributed by atoms with Gasteiger partial charge in [0.1, 0.15) is 0 Å². The van der Waals surface area contributed by atoms with Crippen LogP contribution in [-0.2, 0) is 14.2 Å². The minimum absolute atomic E-state index is 0. The minimum atomic E-state index is 0. The second kappa shape index (κ2) is 14.0. The zero-order valence-electron chi connectivity index (χ0n) is 15.7. The van der Waals surface area contributed by atoms with Gasteiger partial charge in [-0.1, -0.05) is 0 Å². The van der Waals surface area contributed by atoms with E-state index in [2.05, 4.69) is 34.5 Å². The Balaban J connectivity index is 0.00000312. The Bertz CT molecular complexity index is 368. The van der Waals surface area contributed by atoms with Gasteiger partial charge in [-0.05, 0) is 33.2 Å². The molecule has 148 valence electrons. The van der Waals surface area contributed by atoms with Gasteiger partial charge in [0.05, 0.1) is 32.0 Å². The SMILES string of the molecule is CCNC(=NCC1CN(C)CCO1)NCCCOCC1CCCO1.I. The molecule has 2 aliphatic rings. The van der Waals surface area contributed by atoms with Gasteiger partial charge in [0, 0.05) is 39.4 Å². The lowest BCUT2D eigenvalue weighted by Gasteiger charge is -2.29. The summed E-state index contributed by atoms with van der Waals surface area (Å²) in [7, 11) is 2.12. The van der Waals surface area contributed by atoms with Crippen LogP contribution in [0.15, 0.2) is 4.99 Å². The fraction of sp³-hybridized carbons (Fsp3) is 0.941. The predicted octanol–water partition coefficient (Wildman–Crippen LogP) is 1.08. The third-order valence-electron chi connectivity index (χ3n) is 4.22. The summed E-state index contributed by atoms with van der Waals surface area (Å²) in [6.07, 6.45) is 3.76. The van der Waals surface area contributed by atoms with Gasteiger partial charge in [-0.25, -0.2) is 0 Å². The number of nitrogens with zero attached hydrogens (tertiary/aromatic N) is 2. The molecular weight excluding hydrogens is 435 g/mol. The van der Waals surface area contributed by atoms with E-state index in [0.717, 1.165) is 71.4 Å². The standard InChI is InChI=1S/C17H34N4O3.HI/c1-3-18-17(20-12-16-13-21(2)8-11-24-16)19-7-5-9-22-14-15-6-4-10-23-15;/h15-16H,3-14H2,1-2H3,(H2,18,19,20);1H. The van der Waals surface area contributed by atoms with Crippen LogP contribution in [0.25, 0.3) is 0 Å². The van der Waals surface area contributed by atoms with E-state index in [-0.39, 0.29) is 30.1 Å². The lowest BCUT2D eigenvalue weighted by Crippen LogP contribution is -2.43. The fourth-order valence-electron chi connectivity index (χ4n) is 2.88. The van der Waals surface area contributed by atoms with Gasteiger partial charge < -0.3 is 29.7 Å². The summed E-state index contributed by atoms with van der Waals surface area (Å²) in [5, 5.41) is 6.64. The highest BCUT2D eigenvalue weighted by atomic mass is 127. The van der Waals surface area contributed by atoms with Crippen LogP contribution in [0.5, 0.6) is 0 Å². The Kier molecular flexibility index (Phi) is 12.8. The van der Waals surface area contributed by atoms with Crippen molar-refractivity contribution >= 4 is 29.9 Å². The number of morpholine rings is 1. The van der Waals surface area contributed by atoms with Gasteiger partial charge in [0.15, 0.2) is 5.96 Å². The van der Waals surface area contributed by atoms with Crippen LogP contribution < -0.4 is 10.6 Å². The van der Waals surface area contributed by atoms with Gasteiger partial charge in [-0.2, -0.15) is 0 Å². The molecule has 2 fully saturated rings. The number of guanidine groups is 1. The van der Waals surface area contributed by atoms with E-state index in [9.17, 15) is 0 Å². The molecular formula is C17H35IN4O3. The van der Waals surface area contributed by atoms with Crippen LogP contribution >= 0.6 is 24.0 Å². The van der Waals surface area contributed by atoms with Crippen molar-refractivity contribution in [3.05, 3.63) is 0 Å². The average molecular weight is 470 g/mol. The molecule has 7 nitrogen and oxygen atoms in total. The number of ether oxygens (including phenoxy) is 3. The maximum Gasteiger partial charge on any atom is 0.191 e. The van der Waals surface area contributed by atoms with E-state index >= 15 is 0 Å². The molecule has 0 aromatic heterocycles. The summed E-state index contributed by atoms with van der Waals surface area (Å²) in [6, 6.07) is 0. The van der Waals surface area contributed by atoms with E-state index in [1.807, 2.05) is 0 Å². The number of likely N-dealkylation sites (N-methyl/N-ethyl adjacent to an activating group) is 1. The van der Waals surface area contributed by atoms with Crippen molar-refractivity contribution in [2.45, 2.75) is 38.4 Å². The quantitative estimate of drug-likeness (QED) is 0.228. The van der Waals surface area contributed by atoms with Crippen molar-refractivity contribution in [3.8, 4) is 0 Å². The Hall–Kier alpha value is -0.160. The highest BCUT2D eigenvalue weighted by Gasteiger charge is 2.17. The van der Waals surface area contributed by atoms with Crippen LogP contribution in [0.4, 0.5) is 0 Å².